The van der Waals surface area contributed by atoms with Crippen LogP contribution in [0.15, 0.2) is 52.7 Å². The second-order valence-electron chi connectivity index (χ2n) is 5.59. The number of nitrogen functional groups attached to an aromatic ring is 1. The lowest BCUT2D eigenvalue weighted by Gasteiger charge is -2.06. The van der Waals surface area contributed by atoms with Crippen molar-refractivity contribution in [2.24, 2.45) is 5.10 Å². The van der Waals surface area contributed by atoms with Crippen LogP contribution in [0, 0.1) is 0 Å². The lowest BCUT2D eigenvalue weighted by atomic mass is 10.2. The minimum absolute atomic E-state index is 0.0630. The number of halogens is 3. The first-order valence-electron chi connectivity index (χ1n) is 8.04. The van der Waals surface area contributed by atoms with Gasteiger partial charge in [0.15, 0.2) is 0 Å². The van der Waals surface area contributed by atoms with Gasteiger partial charge in [-0.05, 0) is 35.9 Å². The van der Waals surface area contributed by atoms with E-state index in [1.165, 1.54) is 4.68 Å². The van der Waals surface area contributed by atoms with Crippen molar-refractivity contribution in [1.82, 2.24) is 14.9 Å². The first kappa shape index (κ1) is 21.3. The molecule has 8 nitrogen and oxygen atoms in total. The van der Waals surface area contributed by atoms with Gasteiger partial charge in [0.25, 0.3) is 5.95 Å². The monoisotopic (exact) mass is 469 g/mol. The number of thioether (sulfide) groups is 1. The van der Waals surface area contributed by atoms with Gasteiger partial charge < -0.3 is 11.2 Å². The maximum Gasteiger partial charge on any atom is 0.264 e. The molecule has 0 bridgehead atoms. The Morgan fingerprint density at radius 3 is 2.48 bits per heavy atom. The smallest absolute Gasteiger partial charge is 0.264 e. The summed E-state index contributed by atoms with van der Waals surface area (Å²) in [5.74, 6) is 5.94. The van der Waals surface area contributed by atoms with E-state index in [1.54, 1.807) is 36.5 Å². The molecule has 0 radical (unpaired) electrons. The number of aromatic nitrogens is 3. The Balaban J connectivity index is 1.53. The highest BCUT2D eigenvalue weighted by atomic mass is 35.5. The van der Waals surface area contributed by atoms with Crippen LogP contribution < -0.4 is 16.6 Å². The second kappa shape index (κ2) is 9.84. The number of carbonyl (C=O) groups is 1. The SMILES string of the molecule is Nn1c(N/N=C/c2ccc(Cl)cc2)nnc1SCC(=O)Nc1cc(Cl)cc(Cl)c1. The van der Waals surface area contributed by atoms with Crippen LogP contribution >= 0.6 is 46.6 Å². The summed E-state index contributed by atoms with van der Waals surface area (Å²) in [5, 5.41) is 16.4. The van der Waals surface area contributed by atoms with Gasteiger partial charge in [-0.2, -0.15) is 5.10 Å². The number of nitrogens with zero attached hydrogens (tertiary/aromatic N) is 4. The number of carbonyl (C=O) groups excluding carboxylic acids is 1. The van der Waals surface area contributed by atoms with Gasteiger partial charge in [0.2, 0.25) is 11.1 Å². The average molecular weight is 471 g/mol. The molecule has 1 aromatic heterocycles. The van der Waals surface area contributed by atoms with E-state index in [2.05, 4.69) is 26.0 Å². The molecule has 4 N–H and O–H groups in total. The zero-order valence-electron chi connectivity index (χ0n) is 14.6. The fourth-order valence-electron chi connectivity index (χ4n) is 2.12. The molecule has 12 heteroatoms. The molecule has 0 spiro atoms. The molecule has 0 aliphatic heterocycles. The third-order valence-corrected chi connectivity index (χ3v) is 5.02. The Morgan fingerprint density at radius 1 is 1.10 bits per heavy atom. The molecule has 29 heavy (non-hydrogen) atoms. The summed E-state index contributed by atoms with van der Waals surface area (Å²) in [4.78, 5) is 12.1. The van der Waals surface area contributed by atoms with E-state index in [0.29, 0.717) is 25.9 Å². The van der Waals surface area contributed by atoms with Crippen molar-refractivity contribution in [1.29, 1.82) is 0 Å². The lowest BCUT2D eigenvalue weighted by molar-refractivity contribution is -0.113. The van der Waals surface area contributed by atoms with Gasteiger partial charge in [0.1, 0.15) is 0 Å². The molecule has 1 heterocycles. The number of nitrogens with one attached hydrogen (secondary N) is 2. The van der Waals surface area contributed by atoms with Crippen LogP contribution in [0.5, 0.6) is 0 Å². The topological polar surface area (TPSA) is 110 Å². The summed E-state index contributed by atoms with van der Waals surface area (Å²) < 4.78 is 1.20. The van der Waals surface area contributed by atoms with Crippen molar-refractivity contribution < 1.29 is 4.79 Å². The summed E-state index contributed by atoms with van der Waals surface area (Å²) in [7, 11) is 0. The first-order valence-corrected chi connectivity index (χ1v) is 10.2. The second-order valence-corrected chi connectivity index (χ2v) is 7.84. The first-order chi connectivity index (χ1) is 13.9. The number of hydrogen-bond acceptors (Lipinski definition) is 7. The molecule has 0 saturated heterocycles. The number of rotatable bonds is 7. The number of nitrogens with two attached hydrogens (primary N) is 1. The average Bonchev–Trinajstić information content (AvgIpc) is 3.01. The van der Waals surface area contributed by atoms with Crippen molar-refractivity contribution in [3.63, 3.8) is 0 Å². The zero-order chi connectivity index (χ0) is 20.8. The van der Waals surface area contributed by atoms with E-state index in [1.807, 2.05) is 12.1 Å². The molecular weight excluding hydrogens is 457 g/mol. The Morgan fingerprint density at radius 2 is 1.79 bits per heavy atom. The minimum Gasteiger partial charge on any atom is -0.334 e. The minimum atomic E-state index is -0.272. The molecule has 2 aromatic carbocycles. The van der Waals surface area contributed by atoms with Gasteiger partial charge >= 0.3 is 0 Å². The standard InChI is InChI=1S/C17H14Cl3N7OS/c18-11-3-1-10(2-4-11)8-22-24-16-25-26-17(27(16)21)29-9-15(28)23-14-6-12(19)5-13(20)7-14/h1-8H,9,21H2,(H,23,28)(H,24,25)/b22-8+. The fourth-order valence-corrected chi connectivity index (χ4v) is 3.43. The zero-order valence-corrected chi connectivity index (χ0v) is 17.7. The fraction of sp³-hybridized carbons (Fsp3) is 0.0588. The van der Waals surface area contributed by atoms with Gasteiger partial charge in [0, 0.05) is 20.8 Å². The summed E-state index contributed by atoms with van der Waals surface area (Å²) in [5.41, 5.74) is 4.04. The van der Waals surface area contributed by atoms with Crippen LogP contribution in [0.3, 0.4) is 0 Å². The van der Waals surface area contributed by atoms with E-state index in [4.69, 9.17) is 40.6 Å². The third kappa shape index (κ3) is 6.26. The molecule has 0 fully saturated rings. The molecule has 0 aliphatic carbocycles. The number of amides is 1. The Hall–Kier alpha value is -2.46. The molecule has 1 amide bonds. The quantitative estimate of drug-likeness (QED) is 0.207. The molecule has 150 valence electrons. The lowest BCUT2D eigenvalue weighted by Crippen LogP contribution is -2.16. The van der Waals surface area contributed by atoms with E-state index in [9.17, 15) is 4.79 Å². The van der Waals surface area contributed by atoms with Crippen molar-refractivity contribution in [3.8, 4) is 0 Å². The van der Waals surface area contributed by atoms with E-state index >= 15 is 0 Å². The number of anilines is 2. The Labute approximate surface area is 185 Å². The maximum absolute atomic E-state index is 12.1. The number of hydrogen-bond donors (Lipinski definition) is 3. The van der Waals surface area contributed by atoms with Crippen LogP contribution in [0.4, 0.5) is 11.6 Å². The molecule has 3 rings (SSSR count). The van der Waals surface area contributed by atoms with Gasteiger partial charge in [-0.3, -0.25) is 4.79 Å². The van der Waals surface area contributed by atoms with Crippen LogP contribution in [-0.4, -0.2) is 32.7 Å². The number of benzene rings is 2. The van der Waals surface area contributed by atoms with Crippen LogP contribution in [-0.2, 0) is 4.79 Å². The predicted molar refractivity (Wildman–Crippen MR) is 119 cm³/mol. The van der Waals surface area contributed by atoms with Gasteiger partial charge in [0.05, 0.1) is 12.0 Å². The highest BCUT2D eigenvalue weighted by Gasteiger charge is 2.12. The van der Waals surface area contributed by atoms with Gasteiger partial charge in [-0.25, -0.2) is 10.1 Å². The number of hydrazone groups is 1. The van der Waals surface area contributed by atoms with Crippen LogP contribution in [0.1, 0.15) is 5.56 Å². The van der Waals surface area contributed by atoms with Gasteiger partial charge in [-0.1, -0.05) is 58.7 Å². The highest BCUT2D eigenvalue weighted by Crippen LogP contribution is 2.23. The molecule has 0 saturated carbocycles. The highest BCUT2D eigenvalue weighted by molar-refractivity contribution is 7.99. The van der Waals surface area contributed by atoms with Gasteiger partial charge in [-0.15, -0.1) is 10.2 Å². The van der Waals surface area contributed by atoms with E-state index in [0.717, 1.165) is 17.3 Å². The summed E-state index contributed by atoms with van der Waals surface area (Å²) in [6.45, 7) is 0. The van der Waals surface area contributed by atoms with Crippen molar-refractivity contribution in [2.75, 3.05) is 22.3 Å². The summed E-state index contributed by atoms with van der Waals surface area (Å²) in [6.07, 6.45) is 1.58. The third-order valence-electron chi connectivity index (χ3n) is 3.39. The summed E-state index contributed by atoms with van der Waals surface area (Å²) in [6, 6.07) is 11.9. The van der Waals surface area contributed by atoms with Crippen molar-refractivity contribution in [2.45, 2.75) is 5.16 Å². The normalized spacial score (nSPS) is 11.0. The Bertz CT molecular complexity index is 1020. The molecule has 3 aromatic rings. The molecular formula is C17H14Cl3N7OS. The van der Waals surface area contributed by atoms with Crippen LogP contribution in [0.2, 0.25) is 15.1 Å². The van der Waals surface area contributed by atoms with E-state index < -0.39 is 0 Å². The maximum atomic E-state index is 12.1. The molecule has 0 unspecified atom stereocenters. The molecule has 0 aliphatic rings. The van der Waals surface area contributed by atoms with Crippen molar-refractivity contribution >= 4 is 70.3 Å². The Kier molecular flexibility index (Phi) is 7.21. The van der Waals surface area contributed by atoms with E-state index in [-0.39, 0.29) is 17.6 Å². The summed E-state index contributed by atoms with van der Waals surface area (Å²) >= 11 is 18.8. The van der Waals surface area contributed by atoms with Crippen LogP contribution in [0.25, 0.3) is 0 Å². The molecule has 0 atom stereocenters. The largest absolute Gasteiger partial charge is 0.334 e. The predicted octanol–water partition coefficient (Wildman–Crippen LogP) is 4.13. The van der Waals surface area contributed by atoms with Crippen molar-refractivity contribution in [3.05, 3.63) is 63.1 Å².